The van der Waals surface area contributed by atoms with Gasteiger partial charge in [0.15, 0.2) is 0 Å². The zero-order valence-corrected chi connectivity index (χ0v) is 22.0. The maximum absolute atomic E-state index is 13.1. The van der Waals surface area contributed by atoms with Crippen LogP contribution in [0.4, 0.5) is 0 Å². The van der Waals surface area contributed by atoms with Crippen LogP contribution in [0.25, 0.3) is 23.0 Å². The van der Waals surface area contributed by atoms with Crippen LogP contribution >= 0.6 is 0 Å². The number of ether oxygens (including phenoxy) is 1. The van der Waals surface area contributed by atoms with E-state index in [1.54, 1.807) is 56.1 Å². The Hall–Kier alpha value is -3.78. The number of benzene rings is 2. The molecule has 37 heavy (non-hydrogen) atoms. The molecule has 2 aromatic carbocycles. The predicted molar refractivity (Wildman–Crippen MR) is 142 cm³/mol. The van der Waals surface area contributed by atoms with Gasteiger partial charge in [-0.25, -0.2) is 13.1 Å². The van der Waals surface area contributed by atoms with Crippen molar-refractivity contribution in [3.05, 3.63) is 71.9 Å². The summed E-state index contributed by atoms with van der Waals surface area (Å²) in [6.07, 6.45) is 3.80. The van der Waals surface area contributed by atoms with Crippen LogP contribution in [-0.2, 0) is 19.6 Å². The maximum atomic E-state index is 13.1. The van der Waals surface area contributed by atoms with Crippen LogP contribution in [0.3, 0.4) is 0 Å². The summed E-state index contributed by atoms with van der Waals surface area (Å²) in [4.78, 5) is 12.8. The van der Waals surface area contributed by atoms with Crippen molar-refractivity contribution in [3.63, 3.8) is 0 Å². The van der Waals surface area contributed by atoms with Crippen molar-refractivity contribution in [1.82, 2.24) is 19.4 Å². The molecular formula is C27H31N5O4S. The lowest BCUT2D eigenvalue weighted by Crippen LogP contribution is -2.30. The molecule has 1 N–H and O–H groups in total. The van der Waals surface area contributed by atoms with Crippen LogP contribution in [0.2, 0.25) is 0 Å². The minimum atomic E-state index is -3.69. The fourth-order valence-electron chi connectivity index (χ4n) is 3.76. The molecule has 10 heteroatoms. The van der Waals surface area contributed by atoms with Crippen molar-refractivity contribution >= 4 is 22.0 Å². The van der Waals surface area contributed by atoms with Crippen molar-refractivity contribution in [3.8, 4) is 23.0 Å². The lowest BCUT2D eigenvalue weighted by atomic mass is 10.1. The molecule has 0 spiro atoms. The molecule has 0 aliphatic rings. The number of hydrogen-bond acceptors (Lipinski definition) is 6. The van der Waals surface area contributed by atoms with Gasteiger partial charge in [0.2, 0.25) is 10.0 Å². The zero-order chi connectivity index (χ0) is 26.8. The van der Waals surface area contributed by atoms with Crippen molar-refractivity contribution < 1.29 is 17.9 Å². The van der Waals surface area contributed by atoms with E-state index in [9.17, 15) is 18.5 Å². The number of nitriles is 1. The first-order chi connectivity index (χ1) is 17.8. The number of sulfonamides is 1. The molecule has 1 heterocycles. The molecule has 0 radical (unpaired) electrons. The van der Waals surface area contributed by atoms with E-state index in [0.717, 1.165) is 5.69 Å². The molecule has 3 rings (SSSR count). The molecule has 194 valence electrons. The number of rotatable bonds is 12. The van der Waals surface area contributed by atoms with E-state index in [1.165, 1.54) is 10.4 Å². The van der Waals surface area contributed by atoms with E-state index in [2.05, 4.69) is 5.32 Å². The Morgan fingerprint density at radius 1 is 1.16 bits per heavy atom. The Balaban J connectivity index is 2.09. The first kappa shape index (κ1) is 27.8. The van der Waals surface area contributed by atoms with Gasteiger partial charge in [0, 0.05) is 50.7 Å². The largest absolute Gasteiger partial charge is 0.385 e. The minimum Gasteiger partial charge on any atom is -0.385 e. The number of hydrogen-bond donors (Lipinski definition) is 1. The number of carbonyl (C=O) groups is 1. The summed E-state index contributed by atoms with van der Waals surface area (Å²) in [5.74, 6) is -0.505. The van der Waals surface area contributed by atoms with Gasteiger partial charge in [0.25, 0.3) is 5.91 Å². The second-order valence-electron chi connectivity index (χ2n) is 8.10. The first-order valence-electron chi connectivity index (χ1n) is 12.0. The lowest BCUT2D eigenvalue weighted by molar-refractivity contribution is -0.117. The fourth-order valence-corrected chi connectivity index (χ4v) is 5.27. The molecule has 0 saturated heterocycles. The second kappa shape index (κ2) is 13.0. The number of para-hydroxylation sites is 1. The Kier molecular flexibility index (Phi) is 9.74. The van der Waals surface area contributed by atoms with Gasteiger partial charge in [0.05, 0.1) is 10.6 Å². The van der Waals surface area contributed by atoms with Gasteiger partial charge in [-0.1, -0.05) is 44.2 Å². The summed E-state index contributed by atoms with van der Waals surface area (Å²) in [7, 11) is -2.11. The van der Waals surface area contributed by atoms with Gasteiger partial charge >= 0.3 is 0 Å². The topological polar surface area (TPSA) is 117 Å². The highest BCUT2D eigenvalue weighted by molar-refractivity contribution is 7.89. The van der Waals surface area contributed by atoms with E-state index < -0.39 is 15.9 Å². The average Bonchev–Trinajstić information content (AvgIpc) is 3.34. The van der Waals surface area contributed by atoms with Crippen LogP contribution < -0.4 is 5.32 Å². The molecule has 0 unspecified atom stereocenters. The predicted octanol–water partition coefficient (Wildman–Crippen LogP) is 3.63. The monoisotopic (exact) mass is 521 g/mol. The molecule has 0 aliphatic heterocycles. The molecule has 3 aromatic rings. The number of nitrogens with zero attached hydrogens (tertiary/aromatic N) is 4. The lowest BCUT2D eigenvalue weighted by Gasteiger charge is -2.18. The SMILES string of the molecule is CCN(CC)S(=O)(=O)c1cccc(-c2nn(-c3ccccc3)cc2/C=C(\C#N)C(=O)NCCCOC)c1. The highest BCUT2D eigenvalue weighted by atomic mass is 32.2. The normalized spacial score (nSPS) is 11.9. The van der Waals surface area contributed by atoms with Crippen LogP contribution in [0, 0.1) is 11.3 Å². The van der Waals surface area contributed by atoms with Crippen LogP contribution in [0.15, 0.2) is 71.3 Å². The number of methoxy groups -OCH3 is 1. The highest BCUT2D eigenvalue weighted by Crippen LogP contribution is 2.28. The molecule has 1 aromatic heterocycles. The van der Waals surface area contributed by atoms with E-state index in [4.69, 9.17) is 9.84 Å². The molecule has 0 fully saturated rings. The quantitative estimate of drug-likeness (QED) is 0.221. The molecule has 0 bridgehead atoms. The molecular weight excluding hydrogens is 490 g/mol. The number of aromatic nitrogens is 2. The number of carbonyl (C=O) groups excluding carboxylic acids is 1. The van der Waals surface area contributed by atoms with Crippen molar-refractivity contribution in [2.45, 2.75) is 25.2 Å². The Morgan fingerprint density at radius 2 is 1.89 bits per heavy atom. The summed E-state index contributed by atoms with van der Waals surface area (Å²) in [6, 6.07) is 17.9. The van der Waals surface area contributed by atoms with Crippen LogP contribution in [0.1, 0.15) is 25.8 Å². The smallest absolute Gasteiger partial charge is 0.261 e. The van der Waals surface area contributed by atoms with E-state index in [0.29, 0.717) is 49.5 Å². The molecule has 0 saturated carbocycles. The Bertz CT molecular complexity index is 1390. The summed E-state index contributed by atoms with van der Waals surface area (Å²) in [5.41, 5.74) is 2.19. The summed E-state index contributed by atoms with van der Waals surface area (Å²) >= 11 is 0. The summed E-state index contributed by atoms with van der Waals surface area (Å²) in [6.45, 7) is 5.15. The molecule has 9 nitrogen and oxygen atoms in total. The van der Waals surface area contributed by atoms with Crippen molar-refractivity contribution in [1.29, 1.82) is 5.26 Å². The van der Waals surface area contributed by atoms with E-state index in [-0.39, 0.29) is 10.5 Å². The number of nitrogens with one attached hydrogen (secondary N) is 1. The molecule has 1 amide bonds. The van der Waals surface area contributed by atoms with Gasteiger partial charge in [-0.05, 0) is 36.8 Å². The summed E-state index contributed by atoms with van der Waals surface area (Å²) < 4.78 is 34.3. The van der Waals surface area contributed by atoms with E-state index in [1.807, 2.05) is 36.4 Å². The third kappa shape index (κ3) is 6.71. The van der Waals surface area contributed by atoms with E-state index >= 15 is 0 Å². The molecule has 0 aliphatic carbocycles. The standard InChI is InChI=1S/C27H31N5O4S/c1-4-31(5-2)37(34,35)25-14-9-11-21(18-25)26-23(20-32(30-26)24-12-7-6-8-13-24)17-22(19-28)27(33)29-15-10-16-36-3/h6-9,11-14,17-18,20H,4-5,10,15-16H2,1-3H3,(H,29,33)/b22-17+. The molecule has 0 atom stereocenters. The third-order valence-electron chi connectivity index (χ3n) is 5.69. The van der Waals surface area contributed by atoms with Crippen molar-refractivity contribution in [2.75, 3.05) is 33.4 Å². The second-order valence-corrected chi connectivity index (χ2v) is 10.0. The Morgan fingerprint density at radius 3 is 2.54 bits per heavy atom. The van der Waals surface area contributed by atoms with Crippen LogP contribution in [0.5, 0.6) is 0 Å². The Labute approximate surface area is 218 Å². The van der Waals surface area contributed by atoms with Crippen LogP contribution in [-0.4, -0.2) is 61.8 Å². The minimum absolute atomic E-state index is 0.0850. The van der Waals surface area contributed by atoms with Gasteiger partial charge in [0.1, 0.15) is 17.3 Å². The highest BCUT2D eigenvalue weighted by Gasteiger charge is 2.23. The zero-order valence-electron chi connectivity index (χ0n) is 21.2. The average molecular weight is 522 g/mol. The van der Waals surface area contributed by atoms with Gasteiger partial charge in [-0.3, -0.25) is 4.79 Å². The fraction of sp³-hybridized carbons (Fsp3) is 0.296. The number of amides is 1. The van der Waals surface area contributed by atoms with Gasteiger partial charge in [-0.15, -0.1) is 0 Å². The van der Waals surface area contributed by atoms with Gasteiger partial charge < -0.3 is 10.1 Å². The maximum Gasteiger partial charge on any atom is 0.261 e. The first-order valence-corrected chi connectivity index (χ1v) is 13.4. The van der Waals surface area contributed by atoms with Crippen molar-refractivity contribution in [2.24, 2.45) is 0 Å². The van der Waals surface area contributed by atoms with Gasteiger partial charge in [-0.2, -0.15) is 14.7 Å². The summed E-state index contributed by atoms with van der Waals surface area (Å²) in [5, 5.41) is 17.1. The third-order valence-corrected chi connectivity index (χ3v) is 7.74.